The lowest BCUT2D eigenvalue weighted by atomic mass is 10.1. The quantitative estimate of drug-likeness (QED) is 0.774. The van der Waals surface area contributed by atoms with Crippen LogP contribution in [0.4, 0.5) is 17.2 Å². The van der Waals surface area contributed by atoms with Gasteiger partial charge in [-0.25, -0.2) is 10.3 Å². The maximum Gasteiger partial charge on any atom is 0.278 e. The van der Waals surface area contributed by atoms with E-state index in [-0.39, 0.29) is 5.91 Å². The van der Waals surface area contributed by atoms with Crippen LogP contribution in [0.25, 0.3) is 10.9 Å². The van der Waals surface area contributed by atoms with Crippen molar-refractivity contribution < 1.29 is 9.78 Å². The van der Waals surface area contributed by atoms with Crippen molar-refractivity contribution in [2.24, 2.45) is 0 Å². The largest absolute Gasteiger partial charge is 0.326 e. The van der Waals surface area contributed by atoms with Gasteiger partial charge >= 0.3 is 0 Å². The third-order valence-corrected chi connectivity index (χ3v) is 3.47. The van der Waals surface area contributed by atoms with Crippen molar-refractivity contribution >= 4 is 34.0 Å². The van der Waals surface area contributed by atoms with E-state index in [1.54, 1.807) is 0 Å². The first-order chi connectivity index (χ1) is 10.6. The Bertz CT molecular complexity index is 825. The summed E-state index contributed by atoms with van der Waals surface area (Å²) in [5.74, 6) is 0.864. The van der Waals surface area contributed by atoms with Crippen LogP contribution in [0, 0.1) is 6.92 Å². The minimum absolute atomic E-state index is 0.0702. The number of nitrogens with one attached hydrogen (secondary N) is 3. The zero-order chi connectivity index (χ0) is 15.5. The molecule has 3 rings (SSSR count). The van der Waals surface area contributed by atoms with Crippen LogP contribution in [0.1, 0.15) is 12.5 Å². The second-order valence-electron chi connectivity index (χ2n) is 5.30. The van der Waals surface area contributed by atoms with Gasteiger partial charge in [0.25, 0.3) is 5.82 Å². The molecule has 0 saturated carbocycles. The molecule has 0 aliphatic heterocycles. The first-order valence-electron chi connectivity index (χ1n) is 7.18. The summed E-state index contributed by atoms with van der Waals surface area (Å²) in [5.41, 5.74) is 4.06. The third-order valence-electron chi connectivity index (χ3n) is 3.47. The fourth-order valence-electron chi connectivity index (χ4n) is 2.47. The Morgan fingerprint density at radius 2 is 1.68 bits per heavy atom. The predicted octanol–water partition coefficient (Wildman–Crippen LogP) is 3.66. The van der Waals surface area contributed by atoms with Crippen molar-refractivity contribution in [3.05, 3.63) is 60.2 Å². The summed E-state index contributed by atoms with van der Waals surface area (Å²) in [6.45, 7) is 3.60. The van der Waals surface area contributed by atoms with E-state index in [1.165, 1.54) is 17.9 Å². The summed E-state index contributed by atoms with van der Waals surface area (Å²) >= 11 is 0. The molecule has 0 unspecified atom stereocenters. The Labute approximate surface area is 129 Å². The lowest BCUT2D eigenvalue weighted by Crippen LogP contribution is -2.12. The standard InChI is InChI=1S/C18H17N3O/c1-12-11-18(21-17-6-4-3-5-16(12)17)20-15-9-7-14(8-10-15)19-13(2)22/h3-11H,1-2H3,(H,19,22)(H,20,21)/p+1. The lowest BCUT2D eigenvalue weighted by Gasteiger charge is -2.05. The number of aromatic nitrogens is 1. The molecule has 0 saturated heterocycles. The molecule has 4 heteroatoms. The smallest absolute Gasteiger partial charge is 0.278 e. The Balaban J connectivity index is 1.85. The molecule has 1 heterocycles. The second kappa shape index (κ2) is 5.85. The first kappa shape index (κ1) is 14.1. The average Bonchev–Trinajstić information content (AvgIpc) is 2.49. The molecule has 1 aromatic heterocycles. The van der Waals surface area contributed by atoms with Gasteiger partial charge < -0.3 is 5.32 Å². The fourth-order valence-corrected chi connectivity index (χ4v) is 2.47. The monoisotopic (exact) mass is 292 g/mol. The van der Waals surface area contributed by atoms with Gasteiger partial charge in [0, 0.05) is 24.1 Å². The molecule has 0 spiro atoms. The molecule has 22 heavy (non-hydrogen) atoms. The zero-order valence-corrected chi connectivity index (χ0v) is 12.6. The maximum atomic E-state index is 11.0. The highest BCUT2D eigenvalue weighted by molar-refractivity contribution is 5.88. The highest BCUT2D eigenvalue weighted by Gasteiger charge is 2.08. The zero-order valence-electron chi connectivity index (χ0n) is 12.6. The van der Waals surface area contributed by atoms with Gasteiger partial charge in [-0.1, -0.05) is 18.2 Å². The van der Waals surface area contributed by atoms with E-state index in [1.807, 2.05) is 36.4 Å². The molecule has 4 nitrogen and oxygen atoms in total. The van der Waals surface area contributed by atoms with Gasteiger partial charge in [0.2, 0.25) is 5.91 Å². The number of carbonyl (C=O) groups excluding carboxylic acids is 1. The Morgan fingerprint density at radius 1 is 1.00 bits per heavy atom. The highest BCUT2D eigenvalue weighted by atomic mass is 16.1. The number of fused-ring (bicyclic) bond motifs is 1. The summed E-state index contributed by atoms with van der Waals surface area (Å²) in [6, 6.07) is 17.9. The van der Waals surface area contributed by atoms with Crippen LogP contribution in [-0.2, 0) is 4.79 Å². The van der Waals surface area contributed by atoms with Crippen molar-refractivity contribution in [1.29, 1.82) is 0 Å². The van der Waals surface area contributed by atoms with Gasteiger partial charge in [-0.3, -0.25) is 4.79 Å². The van der Waals surface area contributed by atoms with E-state index in [4.69, 9.17) is 0 Å². The second-order valence-corrected chi connectivity index (χ2v) is 5.30. The molecule has 0 atom stereocenters. The summed E-state index contributed by atoms with van der Waals surface area (Å²) in [5, 5.41) is 7.32. The minimum atomic E-state index is -0.0702. The topological polar surface area (TPSA) is 55.3 Å². The molecule has 1 amide bonds. The molecule has 0 fully saturated rings. The molecular weight excluding hydrogens is 274 g/mol. The number of hydrogen-bond acceptors (Lipinski definition) is 2. The van der Waals surface area contributed by atoms with Gasteiger partial charge in [0.15, 0.2) is 0 Å². The SMILES string of the molecule is CC(=O)Nc1ccc(Nc2cc(C)c3ccccc3[nH+]2)cc1. The number of aromatic amines is 1. The number of carbonyl (C=O) groups is 1. The van der Waals surface area contributed by atoms with E-state index in [9.17, 15) is 4.79 Å². The van der Waals surface area contributed by atoms with Crippen LogP contribution in [-0.4, -0.2) is 5.91 Å². The number of H-pyrrole nitrogens is 1. The van der Waals surface area contributed by atoms with E-state index in [2.05, 4.69) is 40.7 Å². The molecule has 0 bridgehead atoms. The maximum absolute atomic E-state index is 11.0. The number of amides is 1. The lowest BCUT2D eigenvalue weighted by molar-refractivity contribution is -0.326. The van der Waals surface area contributed by atoms with Crippen molar-refractivity contribution in [1.82, 2.24) is 0 Å². The molecule has 3 N–H and O–H groups in total. The van der Waals surface area contributed by atoms with Crippen LogP contribution in [0.2, 0.25) is 0 Å². The minimum Gasteiger partial charge on any atom is -0.326 e. The van der Waals surface area contributed by atoms with Gasteiger partial charge in [-0.2, -0.15) is 0 Å². The molecule has 0 aliphatic carbocycles. The number of hydrogen-bond donors (Lipinski definition) is 2. The number of aryl methyl sites for hydroxylation is 1. The summed E-state index contributed by atoms with van der Waals surface area (Å²) in [6.07, 6.45) is 0. The third kappa shape index (κ3) is 3.06. The molecular formula is C18H18N3O+. The van der Waals surface area contributed by atoms with E-state index >= 15 is 0 Å². The number of pyridine rings is 1. The first-order valence-corrected chi connectivity index (χ1v) is 7.18. The average molecular weight is 292 g/mol. The van der Waals surface area contributed by atoms with Crippen LogP contribution in [0.3, 0.4) is 0 Å². The number of rotatable bonds is 3. The summed E-state index contributed by atoms with van der Waals surface area (Å²) in [7, 11) is 0. The van der Waals surface area contributed by atoms with Crippen LogP contribution >= 0.6 is 0 Å². The Morgan fingerprint density at radius 3 is 2.41 bits per heavy atom. The Hall–Kier alpha value is -2.88. The number of para-hydroxylation sites is 1. The van der Waals surface area contributed by atoms with Crippen LogP contribution < -0.4 is 15.6 Å². The molecule has 3 aromatic rings. The number of benzene rings is 2. The van der Waals surface area contributed by atoms with E-state index < -0.39 is 0 Å². The van der Waals surface area contributed by atoms with Crippen molar-refractivity contribution in [3.63, 3.8) is 0 Å². The molecule has 2 aromatic carbocycles. The number of anilines is 3. The van der Waals surface area contributed by atoms with Crippen molar-refractivity contribution in [2.75, 3.05) is 10.6 Å². The van der Waals surface area contributed by atoms with Crippen molar-refractivity contribution in [3.8, 4) is 0 Å². The van der Waals surface area contributed by atoms with Gasteiger partial charge in [0.05, 0.1) is 0 Å². The molecule has 0 aliphatic rings. The van der Waals surface area contributed by atoms with Crippen LogP contribution in [0.15, 0.2) is 54.6 Å². The van der Waals surface area contributed by atoms with E-state index in [0.717, 1.165) is 22.7 Å². The van der Waals surface area contributed by atoms with Crippen LogP contribution in [0.5, 0.6) is 0 Å². The normalized spacial score (nSPS) is 10.5. The van der Waals surface area contributed by atoms with Gasteiger partial charge in [-0.05, 0) is 42.8 Å². The highest BCUT2D eigenvalue weighted by Crippen LogP contribution is 2.20. The van der Waals surface area contributed by atoms with Crippen molar-refractivity contribution in [2.45, 2.75) is 13.8 Å². The van der Waals surface area contributed by atoms with Gasteiger partial charge in [0.1, 0.15) is 11.2 Å². The Kier molecular flexibility index (Phi) is 3.74. The van der Waals surface area contributed by atoms with Gasteiger partial charge in [-0.15, -0.1) is 0 Å². The summed E-state index contributed by atoms with van der Waals surface area (Å²) in [4.78, 5) is 14.4. The predicted molar refractivity (Wildman–Crippen MR) is 89.3 cm³/mol. The molecule has 110 valence electrons. The van der Waals surface area contributed by atoms with E-state index in [0.29, 0.717) is 0 Å². The molecule has 0 radical (unpaired) electrons. The fraction of sp³-hybridized carbons (Fsp3) is 0.111. The summed E-state index contributed by atoms with van der Waals surface area (Å²) < 4.78 is 0.